The number of fused-ring (bicyclic) bond motifs is 1. The van der Waals surface area contributed by atoms with Gasteiger partial charge in [0.1, 0.15) is 6.10 Å². The molecule has 1 aliphatic rings. The van der Waals surface area contributed by atoms with Gasteiger partial charge in [-0.3, -0.25) is 4.79 Å². The number of ketones is 1. The minimum atomic E-state index is -1.03. The molecule has 0 amide bonds. The molecule has 96 valence electrons. The van der Waals surface area contributed by atoms with Gasteiger partial charge >= 0.3 is 0 Å². The van der Waals surface area contributed by atoms with Crippen molar-refractivity contribution in [2.45, 2.75) is 12.0 Å². The van der Waals surface area contributed by atoms with Crippen molar-refractivity contribution in [1.29, 1.82) is 0 Å². The highest BCUT2D eigenvalue weighted by Gasteiger charge is 2.39. The predicted octanol–water partition coefficient (Wildman–Crippen LogP) is 3.79. The van der Waals surface area contributed by atoms with Gasteiger partial charge < -0.3 is 5.11 Å². The number of rotatable bonds is 1. The Morgan fingerprint density at radius 2 is 1.79 bits per heavy atom. The van der Waals surface area contributed by atoms with E-state index in [1.54, 1.807) is 18.2 Å². The summed E-state index contributed by atoms with van der Waals surface area (Å²) in [5.74, 6) is -0.575. The Labute approximate surface area is 124 Å². The second-order valence-electron chi connectivity index (χ2n) is 4.57. The second kappa shape index (κ2) is 4.75. The Morgan fingerprint density at radius 3 is 2.47 bits per heavy atom. The fourth-order valence-corrected chi connectivity index (χ4v) is 2.97. The van der Waals surface area contributed by atoms with Crippen molar-refractivity contribution in [2.75, 3.05) is 0 Å². The first-order valence-corrected chi connectivity index (χ1v) is 7.02. The lowest BCUT2D eigenvalue weighted by Crippen LogP contribution is -2.20. The van der Waals surface area contributed by atoms with Crippen LogP contribution in [-0.4, -0.2) is 17.0 Å². The number of carbonyl (C=O) groups is 1. The quantitative estimate of drug-likeness (QED) is 0.859. The summed E-state index contributed by atoms with van der Waals surface area (Å²) < 4.78 is 0.960. The van der Waals surface area contributed by atoms with E-state index in [1.807, 2.05) is 24.3 Å². The molecular weight excluding hydrogens is 328 g/mol. The van der Waals surface area contributed by atoms with Crippen LogP contribution in [0.5, 0.6) is 0 Å². The molecule has 0 bridgehead atoms. The Balaban J connectivity index is 2.15. The molecule has 0 unspecified atom stereocenters. The number of benzene rings is 2. The average Bonchev–Trinajstić information content (AvgIpc) is 2.63. The van der Waals surface area contributed by atoms with Gasteiger partial charge in [0.2, 0.25) is 0 Å². The van der Waals surface area contributed by atoms with Gasteiger partial charge in [0, 0.05) is 21.0 Å². The highest BCUT2D eigenvalue weighted by atomic mass is 79.9. The van der Waals surface area contributed by atoms with Crippen LogP contribution in [0.4, 0.5) is 0 Å². The number of hydrogen-bond acceptors (Lipinski definition) is 2. The largest absolute Gasteiger partial charge is 0.384 e. The third-order valence-electron chi connectivity index (χ3n) is 3.43. The van der Waals surface area contributed by atoms with Crippen LogP contribution in [0, 0.1) is 0 Å². The van der Waals surface area contributed by atoms with E-state index in [0.29, 0.717) is 10.6 Å². The Hall–Kier alpha value is -1.16. The molecule has 2 aromatic carbocycles. The van der Waals surface area contributed by atoms with E-state index in [9.17, 15) is 9.90 Å². The summed E-state index contributed by atoms with van der Waals surface area (Å²) in [5.41, 5.74) is 2.27. The number of hydrogen-bond donors (Lipinski definition) is 1. The zero-order chi connectivity index (χ0) is 13.6. The lowest BCUT2D eigenvalue weighted by Gasteiger charge is -2.15. The average molecular weight is 338 g/mol. The molecule has 3 rings (SSSR count). The SMILES string of the molecule is O=C1c2ccc(Cl)cc2[C@@H](c2ccc(Br)cc2)[C@H]1O. The summed E-state index contributed by atoms with van der Waals surface area (Å²) in [6.45, 7) is 0. The van der Waals surface area contributed by atoms with Crippen LogP contribution in [0.2, 0.25) is 5.02 Å². The molecule has 0 aliphatic heterocycles. The first-order chi connectivity index (χ1) is 9.08. The molecule has 19 heavy (non-hydrogen) atoms. The zero-order valence-corrected chi connectivity index (χ0v) is 12.1. The fourth-order valence-electron chi connectivity index (χ4n) is 2.53. The summed E-state index contributed by atoms with van der Waals surface area (Å²) in [7, 11) is 0. The minimum absolute atomic E-state index is 0.236. The highest BCUT2D eigenvalue weighted by molar-refractivity contribution is 9.10. The van der Waals surface area contributed by atoms with Crippen molar-refractivity contribution in [3.63, 3.8) is 0 Å². The Morgan fingerprint density at radius 1 is 1.11 bits per heavy atom. The van der Waals surface area contributed by atoms with Crippen molar-refractivity contribution >= 4 is 33.3 Å². The third-order valence-corrected chi connectivity index (χ3v) is 4.19. The molecular formula is C15H10BrClO2. The van der Waals surface area contributed by atoms with Crippen LogP contribution in [0.3, 0.4) is 0 Å². The molecule has 0 saturated carbocycles. The Kier molecular flexibility index (Phi) is 3.21. The molecule has 0 saturated heterocycles. The molecule has 2 aromatic rings. The van der Waals surface area contributed by atoms with E-state index < -0.39 is 6.10 Å². The topological polar surface area (TPSA) is 37.3 Å². The monoisotopic (exact) mass is 336 g/mol. The maximum Gasteiger partial charge on any atom is 0.192 e. The van der Waals surface area contributed by atoms with Crippen LogP contribution in [-0.2, 0) is 0 Å². The molecule has 0 heterocycles. The number of halogens is 2. The maximum atomic E-state index is 12.1. The lowest BCUT2D eigenvalue weighted by atomic mass is 9.91. The number of carbonyl (C=O) groups excluding carboxylic acids is 1. The zero-order valence-electron chi connectivity index (χ0n) is 9.81. The molecule has 2 atom stereocenters. The van der Waals surface area contributed by atoms with Crippen molar-refractivity contribution in [2.24, 2.45) is 0 Å². The van der Waals surface area contributed by atoms with Gasteiger partial charge in [0.05, 0.1) is 0 Å². The van der Waals surface area contributed by atoms with E-state index in [4.69, 9.17) is 11.6 Å². The van der Waals surface area contributed by atoms with Crippen LogP contribution >= 0.6 is 27.5 Å². The lowest BCUT2D eigenvalue weighted by molar-refractivity contribution is 0.0754. The van der Waals surface area contributed by atoms with E-state index in [2.05, 4.69) is 15.9 Å². The van der Waals surface area contributed by atoms with Gasteiger partial charge in [0.15, 0.2) is 5.78 Å². The van der Waals surface area contributed by atoms with Crippen molar-refractivity contribution in [3.8, 4) is 0 Å². The van der Waals surface area contributed by atoms with E-state index in [0.717, 1.165) is 15.6 Å². The first kappa shape index (κ1) is 12.9. The second-order valence-corrected chi connectivity index (χ2v) is 5.92. The number of aliphatic hydroxyl groups excluding tert-OH is 1. The van der Waals surface area contributed by atoms with E-state index in [-0.39, 0.29) is 11.7 Å². The first-order valence-electron chi connectivity index (χ1n) is 5.85. The Bertz CT molecular complexity index is 652. The van der Waals surface area contributed by atoms with Crippen LogP contribution in [0.1, 0.15) is 27.4 Å². The highest BCUT2D eigenvalue weighted by Crippen LogP contribution is 2.39. The van der Waals surface area contributed by atoms with Crippen LogP contribution in [0.25, 0.3) is 0 Å². The normalized spacial score (nSPS) is 21.5. The summed E-state index contributed by atoms with van der Waals surface area (Å²) in [6, 6.07) is 12.7. The van der Waals surface area contributed by atoms with E-state index >= 15 is 0 Å². The van der Waals surface area contributed by atoms with Crippen LogP contribution < -0.4 is 0 Å². The number of Topliss-reactive ketones (excluding diaryl/α,β-unsaturated/α-hetero) is 1. The van der Waals surface area contributed by atoms with Gasteiger partial charge in [-0.25, -0.2) is 0 Å². The fraction of sp³-hybridized carbons (Fsp3) is 0.133. The summed E-state index contributed by atoms with van der Waals surface area (Å²) in [4.78, 5) is 12.1. The van der Waals surface area contributed by atoms with Crippen molar-refractivity contribution in [1.82, 2.24) is 0 Å². The van der Waals surface area contributed by atoms with Gasteiger partial charge in [-0.1, -0.05) is 39.7 Å². The van der Waals surface area contributed by atoms with Gasteiger partial charge in [-0.2, -0.15) is 0 Å². The van der Waals surface area contributed by atoms with Crippen molar-refractivity contribution < 1.29 is 9.90 Å². The molecule has 2 nitrogen and oxygen atoms in total. The van der Waals surface area contributed by atoms with Crippen molar-refractivity contribution in [3.05, 3.63) is 68.7 Å². The maximum absolute atomic E-state index is 12.1. The molecule has 0 spiro atoms. The smallest absolute Gasteiger partial charge is 0.192 e. The minimum Gasteiger partial charge on any atom is -0.384 e. The predicted molar refractivity (Wildman–Crippen MR) is 77.8 cm³/mol. The van der Waals surface area contributed by atoms with Crippen LogP contribution in [0.15, 0.2) is 46.9 Å². The standard InChI is InChI=1S/C15H10BrClO2/c16-9-3-1-8(2-4-9)13-12-7-10(17)5-6-11(12)14(18)15(13)19/h1-7,13,15,19H/t13-,15-/m1/s1. The van der Waals surface area contributed by atoms with Gasteiger partial charge in [-0.15, -0.1) is 0 Å². The molecule has 1 N–H and O–H groups in total. The summed E-state index contributed by atoms with van der Waals surface area (Å²) in [6.07, 6.45) is -1.03. The third kappa shape index (κ3) is 2.12. The van der Waals surface area contributed by atoms with Gasteiger partial charge in [-0.05, 0) is 41.5 Å². The van der Waals surface area contributed by atoms with E-state index in [1.165, 1.54) is 0 Å². The molecule has 4 heteroatoms. The summed E-state index contributed by atoms with van der Waals surface area (Å²) in [5, 5.41) is 10.8. The van der Waals surface area contributed by atoms with Gasteiger partial charge in [0.25, 0.3) is 0 Å². The molecule has 1 aliphatic carbocycles. The number of aliphatic hydroxyl groups is 1. The molecule has 0 fully saturated rings. The summed E-state index contributed by atoms with van der Waals surface area (Å²) >= 11 is 9.37. The molecule has 0 radical (unpaired) electrons. The molecule has 0 aromatic heterocycles.